The van der Waals surface area contributed by atoms with Gasteiger partial charge < -0.3 is 15.0 Å². The molecule has 1 N–H and O–H groups in total. The molecule has 2 aromatic carbocycles. The number of rotatable bonds is 7. The van der Waals surface area contributed by atoms with Gasteiger partial charge in [-0.05, 0) is 75.7 Å². The van der Waals surface area contributed by atoms with Gasteiger partial charge in [0.05, 0.1) is 11.3 Å². The Kier molecular flexibility index (Phi) is 7.32. The molecule has 0 radical (unpaired) electrons. The smallest absolute Gasteiger partial charge is 0.264 e. The summed E-state index contributed by atoms with van der Waals surface area (Å²) in [6, 6.07) is 19.2. The van der Waals surface area contributed by atoms with Crippen molar-refractivity contribution in [2.75, 3.05) is 25.5 Å². The van der Waals surface area contributed by atoms with Gasteiger partial charge in [-0.1, -0.05) is 31.0 Å². The molecule has 3 aromatic heterocycles. The van der Waals surface area contributed by atoms with Crippen molar-refractivity contribution in [1.29, 1.82) is 0 Å². The van der Waals surface area contributed by atoms with Crippen LogP contribution in [0.2, 0.25) is 0 Å². The van der Waals surface area contributed by atoms with Crippen LogP contribution in [0.1, 0.15) is 49.5 Å². The zero-order valence-corrected chi connectivity index (χ0v) is 24.5. The highest BCUT2D eigenvalue weighted by Crippen LogP contribution is 2.33. The van der Waals surface area contributed by atoms with Gasteiger partial charge in [-0.25, -0.2) is 15.0 Å². The van der Waals surface area contributed by atoms with Crippen LogP contribution >= 0.6 is 0 Å². The van der Waals surface area contributed by atoms with E-state index in [-0.39, 0.29) is 11.7 Å². The molecule has 1 atom stereocenters. The second-order valence-corrected chi connectivity index (χ2v) is 11.7. The molecule has 218 valence electrons. The van der Waals surface area contributed by atoms with E-state index in [0.29, 0.717) is 23.1 Å². The maximum atomic E-state index is 14.2. The number of nitrogens with one attached hydrogen (secondary N) is 1. The molecule has 9 nitrogen and oxygen atoms in total. The largest absolute Gasteiger partial charge is 0.489 e. The second kappa shape index (κ2) is 11.6. The number of hydrogen-bond donors (Lipinski definition) is 1. The molecule has 0 bridgehead atoms. The lowest BCUT2D eigenvalue weighted by Gasteiger charge is -2.16. The van der Waals surface area contributed by atoms with Gasteiger partial charge in [-0.3, -0.25) is 9.36 Å². The summed E-state index contributed by atoms with van der Waals surface area (Å²) in [5.41, 5.74) is 3.96. The Hall–Kier alpha value is -4.63. The molecule has 2 aliphatic rings. The minimum atomic E-state index is -0.178. The fraction of sp³-hybridized carbons (Fsp3) is 0.324. The lowest BCUT2D eigenvalue weighted by atomic mass is 10.0. The summed E-state index contributed by atoms with van der Waals surface area (Å²) in [5, 5.41) is 4.03. The first kappa shape index (κ1) is 27.2. The van der Waals surface area contributed by atoms with Crippen molar-refractivity contribution in [3.05, 3.63) is 94.9 Å². The molecule has 0 amide bonds. The van der Waals surface area contributed by atoms with Gasteiger partial charge in [0.25, 0.3) is 5.56 Å². The third-order valence-electron chi connectivity index (χ3n) is 8.53. The molecule has 0 spiro atoms. The van der Waals surface area contributed by atoms with Crippen molar-refractivity contribution in [3.63, 3.8) is 0 Å². The molecule has 43 heavy (non-hydrogen) atoms. The van der Waals surface area contributed by atoms with E-state index in [1.54, 1.807) is 10.8 Å². The minimum Gasteiger partial charge on any atom is -0.489 e. The van der Waals surface area contributed by atoms with E-state index in [1.165, 1.54) is 12.8 Å². The first-order valence-electron chi connectivity index (χ1n) is 15.1. The second-order valence-electron chi connectivity index (χ2n) is 11.7. The molecule has 4 heterocycles. The molecular weight excluding hydrogens is 538 g/mol. The topological polar surface area (TPSA) is 98.1 Å². The van der Waals surface area contributed by atoms with Crippen molar-refractivity contribution in [2.45, 2.75) is 51.0 Å². The molecule has 2 fully saturated rings. The number of pyridine rings is 1. The zero-order valence-electron chi connectivity index (χ0n) is 24.5. The fourth-order valence-corrected chi connectivity index (χ4v) is 6.23. The Morgan fingerprint density at radius 3 is 2.42 bits per heavy atom. The van der Waals surface area contributed by atoms with Crippen LogP contribution in [0, 0.1) is 6.92 Å². The summed E-state index contributed by atoms with van der Waals surface area (Å²) >= 11 is 0. The van der Waals surface area contributed by atoms with Crippen LogP contribution in [0.4, 0.5) is 11.6 Å². The maximum Gasteiger partial charge on any atom is 0.264 e. The Balaban J connectivity index is 1.23. The van der Waals surface area contributed by atoms with Gasteiger partial charge in [0.1, 0.15) is 17.7 Å². The Bertz CT molecular complexity index is 1820. The zero-order chi connectivity index (χ0) is 29.3. The van der Waals surface area contributed by atoms with E-state index < -0.39 is 0 Å². The van der Waals surface area contributed by atoms with Gasteiger partial charge in [0.15, 0.2) is 5.65 Å². The van der Waals surface area contributed by atoms with Crippen LogP contribution in [0.15, 0.2) is 77.9 Å². The lowest BCUT2D eigenvalue weighted by molar-refractivity contribution is 0.208. The standard InChI is InChI=1S/C34H35N7O2/c1-22-30(20-35-31(37-22)23-8-6-7-9-23)29-18-24-19-36-34(39-32(24)41(33(29)42)26-10-4-3-5-11-26)38-25-12-14-27(15-13-25)43-28-16-17-40(2)21-28/h3-5,10-15,18-20,23,28H,6-9,16-17,21H2,1-2H3,(H,36,38,39). The predicted octanol–water partition coefficient (Wildman–Crippen LogP) is 6.03. The summed E-state index contributed by atoms with van der Waals surface area (Å²) in [4.78, 5) is 35.4. The molecule has 7 rings (SSSR count). The number of fused-ring (bicyclic) bond motifs is 1. The monoisotopic (exact) mass is 573 g/mol. The molecule has 5 aromatic rings. The van der Waals surface area contributed by atoms with Gasteiger partial charge in [0, 0.05) is 53.7 Å². The summed E-state index contributed by atoms with van der Waals surface area (Å²) in [5.74, 6) is 2.53. The van der Waals surface area contributed by atoms with Crippen molar-refractivity contribution in [3.8, 4) is 22.6 Å². The summed E-state index contributed by atoms with van der Waals surface area (Å²) in [7, 11) is 2.11. The van der Waals surface area contributed by atoms with Crippen molar-refractivity contribution < 1.29 is 4.74 Å². The van der Waals surface area contributed by atoms with Crippen LogP contribution < -0.4 is 15.6 Å². The highest BCUT2D eigenvalue weighted by Gasteiger charge is 2.23. The van der Waals surface area contributed by atoms with E-state index in [2.05, 4.69) is 22.2 Å². The average molecular weight is 574 g/mol. The number of hydrogen-bond acceptors (Lipinski definition) is 8. The number of aromatic nitrogens is 5. The highest BCUT2D eigenvalue weighted by molar-refractivity contribution is 5.83. The molecule has 1 unspecified atom stereocenters. The number of aryl methyl sites for hydroxylation is 1. The van der Waals surface area contributed by atoms with Gasteiger partial charge in [-0.2, -0.15) is 4.98 Å². The number of para-hydroxylation sites is 1. The Labute approximate surface area is 250 Å². The molecule has 1 saturated heterocycles. The number of likely N-dealkylation sites (N-methyl/N-ethyl adjacent to an activating group) is 1. The third kappa shape index (κ3) is 5.60. The number of nitrogens with zero attached hydrogens (tertiary/aromatic N) is 6. The number of benzene rings is 2. The quantitative estimate of drug-likeness (QED) is 0.252. The normalized spacial score (nSPS) is 17.5. The summed E-state index contributed by atoms with van der Waals surface area (Å²) in [6.07, 6.45) is 9.50. The predicted molar refractivity (Wildman–Crippen MR) is 168 cm³/mol. The van der Waals surface area contributed by atoms with Crippen LogP contribution in [0.5, 0.6) is 5.75 Å². The van der Waals surface area contributed by atoms with Gasteiger partial charge in [-0.15, -0.1) is 0 Å². The van der Waals surface area contributed by atoms with E-state index in [0.717, 1.165) is 71.9 Å². The van der Waals surface area contributed by atoms with Crippen molar-refractivity contribution >= 4 is 22.7 Å². The number of ether oxygens (including phenoxy) is 1. The molecule has 1 aliphatic heterocycles. The first-order valence-corrected chi connectivity index (χ1v) is 15.1. The molecule has 1 aliphatic carbocycles. The summed E-state index contributed by atoms with van der Waals surface area (Å²) < 4.78 is 7.78. The molecule has 9 heteroatoms. The highest BCUT2D eigenvalue weighted by atomic mass is 16.5. The first-order chi connectivity index (χ1) is 21.0. The number of anilines is 2. The average Bonchev–Trinajstić information content (AvgIpc) is 3.71. The van der Waals surface area contributed by atoms with Crippen LogP contribution in [-0.2, 0) is 0 Å². The Morgan fingerprint density at radius 2 is 1.70 bits per heavy atom. The van der Waals surface area contributed by atoms with Gasteiger partial charge >= 0.3 is 0 Å². The summed E-state index contributed by atoms with van der Waals surface area (Å²) in [6.45, 7) is 3.95. The van der Waals surface area contributed by atoms with E-state index >= 15 is 0 Å². The maximum absolute atomic E-state index is 14.2. The van der Waals surface area contributed by atoms with Crippen molar-refractivity contribution in [1.82, 2.24) is 29.4 Å². The van der Waals surface area contributed by atoms with Crippen LogP contribution in [0.25, 0.3) is 27.8 Å². The minimum absolute atomic E-state index is 0.178. The lowest BCUT2D eigenvalue weighted by Crippen LogP contribution is -2.22. The molecular formula is C34H35N7O2. The van der Waals surface area contributed by atoms with E-state index in [9.17, 15) is 4.79 Å². The SMILES string of the molecule is Cc1nc(C2CCCC2)ncc1-c1cc2cnc(Nc3ccc(OC4CCN(C)C4)cc3)nc2n(-c2ccccc2)c1=O. The van der Waals surface area contributed by atoms with Gasteiger partial charge in [0.2, 0.25) is 5.95 Å². The van der Waals surface area contributed by atoms with Crippen molar-refractivity contribution in [2.24, 2.45) is 0 Å². The van der Waals surface area contributed by atoms with Crippen LogP contribution in [0.3, 0.4) is 0 Å². The number of likely N-dealkylation sites (tertiary alicyclic amines) is 1. The van der Waals surface area contributed by atoms with Crippen LogP contribution in [-0.4, -0.2) is 55.6 Å². The Morgan fingerprint density at radius 1 is 0.907 bits per heavy atom. The third-order valence-corrected chi connectivity index (χ3v) is 8.53. The fourth-order valence-electron chi connectivity index (χ4n) is 6.23. The molecule has 1 saturated carbocycles. The van der Waals surface area contributed by atoms with E-state index in [4.69, 9.17) is 19.7 Å². The van der Waals surface area contributed by atoms with E-state index in [1.807, 2.05) is 73.8 Å².